The van der Waals surface area contributed by atoms with Gasteiger partial charge in [-0.3, -0.25) is 0 Å². The van der Waals surface area contributed by atoms with Gasteiger partial charge in [0.1, 0.15) is 11.2 Å². The Labute approximate surface area is 296 Å². The molecule has 4 nitrogen and oxygen atoms in total. The van der Waals surface area contributed by atoms with Gasteiger partial charge in [-0.05, 0) is 66.7 Å². The van der Waals surface area contributed by atoms with Gasteiger partial charge in [0.2, 0.25) is 0 Å². The molecule has 8 aromatic carbocycles. The molecule has 0 saturated carbocycles. The Morgan fingerprint density at radius 1 is 0.346 bits per heavy atom. The molecule has 4 heteroatoms. The standard InChI is InChI=1S/C48H27N3O/c1-3-13-28(14-4-1)49(29-15-5-2-6-16-29)39-24-23-33-44-41(26-35-30-17-7-10-20-37(30)50-38-21-11-8-19-32(38)46(44)48(35)50)51-40-25-34-31-18-9-12-22-42(31)52-43(34)27-36(40)45(39)47(33)51/h1-27H. The number of hydrogen-bond donors (Lipinski definition) is 0. The molecule has 0 unspecified atom stereocenters. The average molecular weight is 662 g/mol. The van der Waals surface area contributed by atoms with Crippen molar-refractivity contribution in [3.63, 3.8) is 0 Å². The third-order valence-corrected chi connectivity index (χ3v) is 11.5. The zero-order valence-corrected chi connectivity index (χ0v) is 27.8. The summed E-state index contributed by atoms with van der Waals surface area (Å²) < 4.78 is 11.6. The molecule has 13 aromatic rings. The van der Waals surface area contributed by atoms with Gasteiger partial charge in [0.05, 0.1) is 38.8 Å². The Morgan fingerprint density at radius 2 is 0.942 bits per heavy atom. The highest BCUT2D eigenvalue weighted by Gasteiger charge is 2.28. The Balaban J connectivity index is 1.30. The Kier molecular flexibility index (Phi) is 4.83. The fourth-order valence-electron chi connectivity index (χ4n) is 9.52. The Morgan fingerprint density at radius 3 is 1.71 bits per heavy atom. The van der Waals surface area contributed by atoms with E-state index in [4.69, 9.17) is 4.42 Å². The van der Waals surface area contributed by atoms with Gasteiger partial charge in [0, 0.05) is 65.2 Å². The first-order chi connectivity index (χ1) is 25.8. The minimum Gasteiger partial charge on any atom is -0.456 e. The number of anilines is 3. The lowest BCUT2D eigenvalue weighted by atomic mass is 9.99. The normalized spacial score (nSPS) is 12.6. The van der Waals surface area contributed by atoms with Crippen molar-refractivity contribution >= 4 is 115 Å². The third-order valence-electron chi connectivity index (χ3n) is 11.5. The van der Waals surface area contributed by atoms with Crippen LogP contribution in [-0.4, -0.2) is 8.80 Å². The maximum absolute atomic E-state index is 6.56. The van der Waals surface area contributed by atoms with Crippen LogP contribution in [0.5, 0.6) is 0 Å². The second kappa shape index (κ2) is 9.39. The predicted octanol–water partition coefficient (Wildman–Crippen LogP) is 13.4. The molecule has 0 spiro atoms. The van der Waals surface area contributed by atoms with Gasteiger partial charge in [0.15, 0.2) is 0 Å². The zero-order chi connectivity index (χ0) is 33.7. The van der Waals surface area contributed by atoms with Crippen molar-refractivity contribution in [2.45, 2.75) is 0 Å². The minimum absolute atomic E-state index is 0.905. The van der Waals surface area contributed by atoms with Gasteiger partial charge in [-0.15, -0.1) is 0 Å². The molecule has 0 fully saturated rings. The second-order valence-corrected chi connectivity index (χ2v) is 14.1. The van der Waals surface area contributed by atoms with Crippen LogP contribution in [0.4, 0.5) is 17.1 Å². The van der Waals surface area contributed by atoms with Crippen molar-refractivity contribution in [3.05, 3.63) is 164 Å². The topological polar surface area (TPSA) is 25.2 Å². The number of para-hydroxylation sites is 5. The van der Waals surface area contributed by atoms with E-state index in [0.717, 1.165) is 39.0 Å². The first kappa shape index (κ1) is 26.8. The van der Waals surface area contributed by atoms with Crippen LogP contribution < -0.4 is 4.90 Å². The van der Waals surface area contributed by atoms with Crippen LogP contribution in [0.1, 0.15) is 0 Å². The van der Waals surface area contributed by atoms with Crippen molar-refractivity contribution in [2.24, 2.45) is 0 Å². The number of rotatable bonds is 3. The molecule has 0 radical (unpaired) electrons. The highest BCUT2D eigenvalue weighted by molar-refractivity contribution is 6.39. The van der Waals surface area contributed by atoms with E-state index in [0.29, 0.717) is 0 Å². The van der Waals surface area contributed by atoms with Crippen LogP contribution in [0.2, 0.25) is 0 Å². The molecular weight excluding hydrogens is 635 g/mol. The molecule has 0 saturated heterocycles. The van der Waals surface area contributed by atoms with Gasteiger partial charge in [0.25, 0.3) is 0 Å². The predicted molar refractivity (Wildman–Crippen MR) is 218 cm³/mol. The highest BCUT2D eigenvalue weighted by atomic mass is 16.3. The van der Waals surface area contributed by atoms with E-state index in [1.165, 1.54) is 76.2 Å². The highest BCUT2D eigenvalue weighted by Crippen LogP contribution is 2.52. The van der Waals surface area contributed by atoms with Gasteiger partial charge in [-0.2, -0.15) is 0 Å². The lowest BCUT2D eigenvalue weighted by Crippen LogP contribution is -2.10. The summed E-state index contributed by atoms with van der Waals surface area (Å²) in [7, 11) is 0. The fraction of sp³-hybridized carbons (Fsp3) is 0. The number of fused-ring (bicyclic) bond motifs is 16. The smallest absolute Gasteiger partial charge is 0.136 e. The molecule has 5 heterocycles. The van der Waals surface area contributed by atoms with Crippen molar-refractivity contribution in [2.75, 3.05) is 4.90 Å². The van der Waals surface area contributed by atoms with Gasteiger partial charge in [-0.1, -0.05) is 97.1 Å². The van der Waals surface area contributed by atoms with E-state index in [1.54, 1.807) is 0 Å². The van der Waals surface area contributed by atoms with Crippen molar-refractivity contribution in [1.82, 2.24) is 8.80 Å². The lowest BCUT2D eigenvalue weighted by molar-refractivity contribution is 0.669. The van der Waals surface area contributed by atoms with E-state index in [-0.39, 0.29) is 0 Å². The molecule has 13 rings (SSSR count). The van der Waals surface area contributed by atoms with Crippen LogP contribution in [-0.2, 0) is 0 Å². The molecular formula is C48H27N3O. The third kappa shape index (κ3) is 3.15. The summed E-state index contributed by atoms with van der Waals surface area (Å²) in [6.07, 6.45) is 0. The molecule has 5 aromatic heterocycles. The van der Waals surface area contributed by atoms with Crippen LogP contribution >= 0.6 is 0 Å². The quantitative estimate of drug-likeness (QED) is 0.188. The monoisotopic (exact) mass is 661 g/mol. The maximum atomic E-state index is 6.56. The van der Waals surface area contributed by atoms with Crippen molar-refractivity contribution in [1.29, 1.82) is 0 Å². The van der Waals surface area contributed by atoms with E-state index >= 15 is 0 Å². The molecule has 52 heavy (non-hydrogen) atoms. The Hall–Kier alpha value is -7.04. The first-order valence-electron chi connectivity index (χ1n) is 17.9. The molecule has 0 amide bonds. The molecule has 0 aliphatic rings. The van der Waals surface area contributed by atoms with Gasteiger partial charge in [-0.25, -0.2) is 0 Å². The molecule has 0 N–H and O–H groups in total. The lowest BCUT2D eigenvalue weighted by Gasteiger charge is -2.26. The van der Waals surface area contributed by atoms with Crippen molar-refractivity contribution in [3.8, 4) is 0 Å². The second-order valence-electron chi connectivity index (χ2n) is 14.1. The van der Waals surface area contributed by atoms with Gasteiger partial charge < -0.3 is 18.1 Å². The molecule has 0 atom stereocenters. The van der Waals surface area contributed by atoms with Crippen LogP contribution in [0.25, 0.3) is 98.1 Å². The summed E-state index contributed by atoms with van der Waals surface area (Å²) >= 11 is 0. The van der Waals surface area contributed by atoms with E-state index in [9.17, 15) is 0 Å². The Bertz CT molecular complexity index is 3530. The maximum Gasteiger partial charge on any atom is 0.136 e. The first-order valence-corrected chi connectivity index (χ1v) is 17.9. The summed E-state index contributed by atoms with van der Waals surface area (Å²) in [5.41, 5.74) is 12.6. The fourth-order valence-corrected chi connectivity index (χ4v) is 9.52. The molecule has 0 bridgehead atoms. The summed E-state index contributed by atoms with van der Waals surface area (Å²) in [5.74, 6) is 0. The van der Waals surface area contributed by atoms with Crippen LogP contribution in [0, 0.1) is 0 Å². The van der Waals surface area contributed by atoms with Gasteiger partial charge >= 0.3 is 0 Å². The SMILES string of the molecule is c1ccc(N(c2ccccc2)c2ccc3c4c5c6ccccc6n6c7ccccc7c(cc4n4c7cc8c(cc7c2c34)oc2ccccc28)c56)cc1. The number of aromatic nitrogens is 2. The summed E-state index contributed by atoms with van der Waals surface area (Å²) in [6, 6.07) is 59.5. The number of nitrogens with zero attached hydrogens (tertiary/aromatic N) is 3. The molecule has 240 valence electrons. The zero-order valence-electron chi connectivity index (χ0n) is 27.8. The van der Waals surface area contributed by atoms with Crippen LogP contribution in [0.15, 0.2) is 168 Å². The largest absolute Gasteiger partial charge is 0.456 e. The minimum atomic E-state index is 0.905. The van der Waals surface area contributed by atoms with E-state index in [2.05, 4.69) is 177 Å². The molecule has 0 aliphatic carbocycles. The summed E-state index contributed by atoms with van der Waals surface area (Å²) in [6.45, 7) is 0. The summed E-state index contributed by atoms with van der Waals surface area (Å²) in [5, 5.41) is 12.4. The van der Waals surface area contributed by atoms with Crippen LogP contribution in [0.3, 0.4) is 0 Å². The number of furan rings is 1. The summed E-state index contributed by atoms with van der Waals surface area (Å²) in [4.78, 5) is 2.40. The van der Waals surface area contributed by atoms with Crippen molar-refractivity contribution < 1.29 is 4.42 Å². The number of benzene rings is 8. The van der Waals surface area contributed by atoms with E-state index < -0.39 is 0 Å². The van der Waals surface area contributed by atoms with E-state index in [1.807, 2.05) is 0 Å². The molecule has 0 aliphatic heterocycles. The number of hydrogen-bond acceptors (Lipinski definition) is 2. The average Bonchev–Trinajstić information content (AvgIpc) is 3.99.